The highest BCUT2D eigenvalue weighted by Crippen LogP contribution is 2.25. The molecule has 2 amide bonds. The Labute approximate surface area is 142 Å². The first-order chi connectivity index (χ1) is 11.5. The molecule has 0 saturated heterocycles. The summed E-state index contributed by atoms with van der Waals surface area (Å²) in [6.07, 6.45) is 0.860. The maximum absolute atomic E-state index is 12.5. The van der Waals surface area contributed by atoms with Gasteiger partial charge in [0.05, 0.1) is 12.8 Å². The lowest BCUT2D eigenvalue weighted by Gasteiger charge is -2.11. The monoisotopic (exact) mass is 326 g/mol. The van der Waals surface area contributed by atoms with Crippen molar-refractivity contribution in [2.45, 2.75) is 20.3 Å². The molecule has 0 saturated carbocycles. The minimum absolute atomic E-state index is 0.181. The fraction of sp³-hybridized carbons (Fsp3) is 0.263. The van der Waals surface area contributed by atoms with Gasteiger partial charge < -0.3 is 15.4 Å². The van der Waals surface area contributed by atoms with E-state index in [1.807, 2.05) is 26.0 Å². The number of carbonyl (C=O) groups excluding carboxylic acids is 2. The first kappa shape index (κ1) is 17.5. The zero-order chi connectivity index (χ0) is 17.5. The highest BCUT2D eigenvalue weighted by Gasteiger charge is 2.12. The van der Waals surface area contributed by atoms with Crippen LogP contribution in [0.3, 0.4) is 0 Å². The third-order valence-corrected chi connectivity index (χ3v) is 3.53. The van der Waals surface area contributed by atoms with Crippen molar-refractivity contribution in [3.63, 3.8) is 0 Å². The molecule has 0 radical (unpaired) electrons. The van der Waals surface area contributed by atoms with Crippen molar-refractivity contribution in [1.29, 1.82) is 0 Å². The summed E-state index contributed by atoms with van der Waals surface area (Å²) in [6, 6.07) is 12.2. The van der Waals surface area contributed by atoms with E-state index in [1.54, 1.807) is 37.4 Å². The number of ether oxygens (including phenoxy) is 1. The van der Waals surface area contributed by atoms with Crippen LogP contribution in [0.4, 0.5) is 5.69 Å². The van der Waals surface area contributed by atoms with Gasteiger partial charge in [-0.1, -0.05) is 19.1 Å². The minimum atomic E-state index is -0.288. The Hall–Kier alpha value is -2.82. The van der Waals surface area contributed by atoms with Crippen molar-refractivity contribution in [1.82, 2.24) is 5.32 Å². The summed E-state index contributed by atoms with van der Waals surface area (Å²) in [5, 5.41) is 5.63. The first-order valence-corrected chi connectivity index (χ1v) is 7.89. The second-order valence-corrected chi connectivity index (χ2v) is 5.49. The van der Waals surface area contributed by atoms with Crippen molar-refractivity contribution in [2.24, 2.45) is 0 Å². The molecule has 126 valence electrons. The molecule has 2 rings (SSSR count). The predicted octanol–water partition coefficient (Wildman–Crippen LogP) is 3.40. The Morgan fingerprint density at radius 3 is 2.42 bits per heavy atom. The van der Waals surface area contributed by atoms with Gasteiger partial charge in [0.25, 0.3) is 11.8 Å². The Balaban J connectivity index is 2.19. The molecule has 0 bridgehead atoms. The fourth-order valence-electron chi connectivity index (χ4n) is 2.26. The number of nitrogens with one attached hydrogen (secondary N) is 2. The number of benzene rings is 2. The average Bonchev–Trinajstić information content (AvgIpc) is 2.60. The maximum atomic E-state index is 12.5. The van der Waals surface area contributed by atoms with Crippen LogP contribution in [0.15, 0.2) is 42.5 Å². The van der Waals surface area contributed by atoms with Crippen LogP contribution in [-0.2, 0) is 0 Å². The molecule has 0 aromatic heterocycles. The summed E-state index contributed by atoms with van der Waals surface area (Å²) >= 11 is 0. The largest absolute Gasteiger partial charge is 0.495 e. The normalized spacial score (nSPS) is 10.1. The smallest absolute Gasteiger partial charge is 0.255 e. The van der Waals surface area contributed by atoms with Crippen LogP contribution >= 0.6 is 0 Å². The summed E-state index contributed by atoms with van der Waals surface area (Å²) < 4.78 is 5.26. The number of methoxy groups -OCH3 is 1. The molecule has 0 fully saturated rings. The van der Waals surface area contributed by atoms with Crippen LogP contribution in [-0.4, -0.2) is 25.5 Å². The molecule has 0 unspecified atom stereocenters. The molecular formula is C19H22N2O3. The molecule has 0 aliphatic rings. The molecule has 2 aromatic carbocycles. The summed E-state index contributed by atoms with van der Waals surface area (Å²) in [4.78, 5) is 24.5. The molecule has 0 atom stereocenters. The van der Waals surface area contributed by atoms with E-state index in [0.29, 0.717) is 29.1 Å². The highest BCUT2D eigenvalue weighted by atomic mass is 16.5. The predicted molar refractivity (Wildman–Crippen MR) is 94.8 cm³/mol. The molecule has 0 aliphatic heterocycles. The van der Waals surface area contributed by atoms with Crippen LogP contribution in [0.25, 0.3) is 0 Å². The van der Waals surface area contributed by atoms with Gasteiger partial charge in [0.15, 0.2) is 0 Å². The number of amides is 2. The van der Waals surface area contributed by atoms with Gasteiger partial charge in [0, 0.05) is 17.7 Å². The van der Waals surface area contributed by atoms with E-state index in [9.17, 15) is 9.59 Å². The van der Waals surface area contributed by atoms with Crippen molar-refractivity contribution in [2.75, 3.05) is 19.0 Å². The van der Waals surface area contributed by atoms with Gasteiger partial charge in [-0.2, -0.15) is 0 Å². The van der Waals surface area contributed by atoms with E-state index in [1.165, 1.54) is 0 Å². The van der Waals surface area contributed by atoms with E-state index in [-0.39, 0.29) is 11.8 Å². The molecular weight excluding hydrogens is 304 g/mol. The number of anilines is 1. The van der Waals surface area contributed by atoms with Crippen molar-refractivity contribution >= 4 is 17.5 Å². The van der Waals surface area contributed by atoms with Crippen LogP contribution in [0.1, 0.15) is 39.6 Å². The van der Waals surface area contributed by atoms with Crippen molar-refractivity contribution in [3.05, 3.63) is 59.2 Å². The molecule has 0 spiro atoms. The SMILES string of the molecule is CCCNC(=O)c1cccc(C(=O)Nc2cc(C)ccc2OC)c1. The summed E-state index contributed by atoms with van der Waals surface area (Å²) in [7, 11) is 1.55. The van der Waals surface area contributed by atoms with Gasteiger partial charge in [0.1, 0.15) is 5.75 Å². The van der Waals surface area contributed by atoms with E-state index < -0.39 is 0 Å². The zero-order valence-electron chi connectivity index (χ0n) is 14.2. The van der Waals surface area contributed by atoms with Crippen LogP contribution in [0.5, 0.6) is 5.75 Å². The Kier molecular flexibility index (Phi) is 5.95. The lowest BCUT2D eigenvalue weighted by molar-refractivity contribution is 0.0953. The van der Waals surface area contributed by atoms with E-state index in [4.69, 9.17) is 4.74 Å². The highest BCUT2D eigenvalue weighted by molar-refractivity contribution is 6.06. The second kappa shape index (κ2) is 8.15. The van der Waals surface area contributed by atoms with Gasteiger partial charge in [-0.3, -0.25) is 9.59 Å². The lowest BCUT2D eigenvalue weighted by Crippen LogP contribution is -2.24. The molecule has 0 heterocycles. The van der Waals surface area contributed by atoms with Gasteiger partial charge in [-0.25, -0.2) is 0 Å². The molecule has 2 aromatic rings. The van der Waals surface area contributed by atoms with E-state index in [0.717, 1.165) is 12.0 Å². The number of carbonyl (C=O) groups is 2. The van der Waals surface area contributed by atoms with Crippen LogP contribution in [0, 0.1) is 6.92 Å². The molecule has 5 heteroatoms. The summed E-state index contributed by atoms with van der Waals surface area (Å²) in [6.45, 7) is 4.53. The molecule has 5 nitrogen and oxygen atoms in total. The quantitative estimate of drug-likeness (QED) is 0.855. The topological polar surface area (TPSA) is 67.4 Å². The number of aryl methyl sites for hydroxylation is 1. The molecule has 2 N–H and O–H groups in total. The summed E-state index contributed by atoms with van der Waals surface area (Å²) in [5.74, 6) is 0.120. The molecule has 0 aliphatic carbocycles. The van der Waals surface area contributed by atoms with Crippen LogP contribution < -0.4 is 15.4 Å². The van der Waals surface area contributed by atoms with E-state index in [2.05, 4.69) is 10.6 Å². The summed E-state index contributed by atoms with van der Waals surface area (Å²) in [5.41, 5.74) is 2.50. The Bertz CT molecular complexity index is 741. The second-order valence-electron chi connectivity index (χ2n) is 5.49. The average molecular weight is 326 g/mol. The number of hydrogen-bond acceptors (Lipinski definition) is 3. The zero-order valence-corrected chi connectivity index (χ0v) is 14.2. The van der Waals surface area contributed by atoms with Gasteiger partial charge in [-0.05, 0) is 49.2 Å². The third kappa shape index (κ3) is 4.35. The van der Waals surface area contributed by atoms with Crippen molar-refractivity contribution in [3.8, 4) is 5.75 Å². The number of rotatable bonds is 6. The van der Waals surface area contributed by atoms with Gasteiger partial charge in [-0.15, -0.1) is 0 Å². The Morgan fingerprint density at radius 1 is 1.04 bits per heavy atom. The first-order valence-electron chi connectivity index (χ1n) is 7.89. The van der Waals surface area contributed by atoms with Gasteiger partial charge >= 0.3 is 0 Å². The number of hydrogen-bond donors (Lipinski definition) is 2. The third-order valence-electron chi connectivity index (χ3n) is 3.53. The minimum Gasteiger partial charge on any atom is -0.495 e. The van der Waals surface area contributed by atoms with Crippen molar-refractivity contribution < 1.29 is 14.3 Å². The molecule has 24 heavy (non-hydrogen) atoms. The van der Waals surface area contributed by atoms with Crippen LogP contribution in [0.2, 0.25) is 0 Å². The van der Waals surface area contributed by atoms with Gasteiger partial charge in [0.2, 0.25) is 0 Å². The fourth-order valence-corrected chi connectivity index (χ4v) is 2.26. The maximum Gasteiger partial charge on any atom is 0.255 e. The Morgan fingerprint density at radius 2 is 1.75 bits per heavy atom. The lowest BCUT2D eigenvalue weighted by atomic mass is 10.1. The standard InChI is InChI=1S/C19H22N2O3/c1-4-10-20-18(22)14-6-5-7-15(12-14)19(23)21-16-11-13(2)8-9-17(16)24-3/h5-9,11-12H,4,10H2,1-3H3,(H,20,22)(H,21,23). The van der Waals surface area contributed by atoms with E-state index >= 15 is 0 Å².